The molecule has 19 heavy (non-hydrogen) atoms. The lowest BCUT2D eigenvalue weighted by atomic mass is 10.2. The highest BCUT2D eigenvalue weighted by atomic mass is 16.5. The predicted octanol–water partition coefficient (Wildman–Crippen LogP) is 0.820. The largest absolute Gasteiger partial charge is 0.463 e. The molecule has 2 rings (SSSR count). The van der Waals surface area contributed by atoms with Crippen molar-refractivity contribution in [3.63, 3.8) is 0 Å². The Kier molecular flexibility index (Phi) is 4.57. The zero-order valence-corrected chi connectivity index (χ0v) is 11.2. The molecule has 0 amide bonds. The van der Waals surface area contributed by atoms with E-state index in [0.29, 0.717) is 18.9 Å². The Morgan fingerprint density at radius 1 is 1.63 bits per heavy atom. The first kappa shape index (κ1) is 14.0. The second kappa shape index (κ2) is 6.18. The fourth-order valence-corrected chi connectivity index (χ4v) is 2.17. The normalized spacial score (nSPS) is 22.2. The van der Waals surface area contributed by atoms with Gasteiger partial charge in [0.1, 0.15) is 5.76 Å². The van der Waals surface area contributed by atoms with E-state index in [1.54, 1.807) is 12.1 Å². The first-order valence-electron chi connectivity index (χ1n) is 6.30. The Bertz CT molecular complexity index is 430. The van der Waals surface area contributed by atoms with Crippen molar-refractivity contribution < 1.29 is 23.8 Å². The molecule has 6 nitrogen and oxygen atoms in total. The maximum absolute atomic E-state index is 11.3. The summed E-state index contributed by atoms with van der Waals surface area (Å²) in [6.07, 6.45) is -0.161. The quantitative estimate of drug-likeness (QED) is 0.816. The predicted molar refractivity (Wildman–Crippen MR) is 66.9 cm³/mol. The molecule has 0 bridgehead atoms. The fraction of sp³-hybridized carbons (Fsp3) is 0.615. The lowest BCUT2D eigenvalue weighted by Gasteiger charge is -2.35. The molecule has 1 N–H and O–H groups in total. The van der Waals surface area contributed by atoms with E-state index >= 15 is 0 Å². The number of hydrogen-bond acceptors (Lipinski definition) is 6. The second-order valence-electron chi connectivity index (χ2n) is 4.54. The molecule has 2 atom stereocenters. The molecular formula is C13H19NO5. The van der Waals surface area contributed by atoms with Gasteiger partial charge in [-0.1, -0.05) is 0 Å². The van der Waals surface area contributed by atoms with Gasteiger partial charge >= 0.3 is 5.97 Å². The Balaban J connectivity index is 2.04. The Morgan fingerprint density at radius 2 is 2.42 bits per heavy atom. The molecule has 6 heteroatoms. The van der Waals surface area contributed by atoms with Crippen LogP contribution >= 0.6 is 0 Å². The highest BCUT2D eigenvalue weighted by Gasteiger charge is 2.26. The van der Waals surface area contributed by atoms with Crippen LogP contribution in [0.15, 0.2) is 16.5 Å². The monoisotopic (exact) mass is 269 g/mol. The molecule has 1 aromatic rings. The number of ether oxygens (including phenoxy) is 2. The van der Waals surface area contributed by atoms with Gasteiger partial charge in [-0.2, -0.15) is 0 Å². The minimum absolute atomic E-state index is 0.00872. The number of esters is 1. The first-order chi connectivity index (χ1) is 9.15. The van der Waals surface area contributed by atoms with Crippen molar-refractivity contribution in [1.29, 1.82) is 0 Å². The summed E-state index contributed by atoms with van der Waals surface area (Å²) in [4.78, 5) is 13.5. The van der Waals surface area contributed by atoms with E-state index in [9.17, 15) is 4.79 Å². The van der Waals surface area contributed by atoms with Crippen molar-refractivity contribution in [3.8, 4) is 0 Å². The van der Waals surface area contributed by atoms with E-state index in [-0.39, 0.29) is 24.5 Å². The fourth-order valence-electron chi connectivity index (χ4n) is 2.17. The smallest absolute Gasteiger partial charge is 0.373 e. The number of carbonyl (C=O) groups is 1. The number of aliphatic hydroxyl groups is 1. The number of morpholine rings is 1. The van der Waals surface area contributed by atoms with E-state index in [2.05, 4.69) is 9.64 Å². The molecule has 2 heterocycles. The van der Waals surface area contributed by atoms with Crippen LogP contribution in [0.1, 0.15) is 29.3 Å². The summed E-state index contributed by atoms with van der Waals surface area (Å²) in [7, 11) is 1.32. The molecular weight excluding hydrogens is 250 g/mol. The number of rotatable bonds is 4. The molecule has 2 unspecified atom stereocenters. The van der Waals surface area contributed by atoms with Gasteiger partial charge < -0.3 is 19.0 Å². The number of aliphatic hydroxyl groups excluding tert-OH is 1. The van der Waals surface area contributed by atoms with Crippen LogP contribution in [-0.4, -0.2) is 55.5 Å². The zero-order valence-electron chi connectivity index (χ0n) is 11.2. The van der Waals surface area contributed by atoms with Crippen molar-refractivity contribution >= 4 is 5.97 Å². The van der Waals surface area contributed by atoms with Crippen LogP contribution in [0.25, 0.3) is 0 Å². The zero-order chi connectivity index (χ0) is 13.8. The molecule has 106 valence electrons. The van der Waals surface area contributed by atoms with E-state index in [1.807, 2.05) is 6.92 Å². The number of furan rings is 1. The van der Waals surface area contributed by atoms with Gasteiger partial charge in [0.15, 0.2) is 0 Å². The summed E-state index contributed by atoms with van der Waals surface area (Å²) in [6.45, 7) is 4.01. The number of carbonyl (C=O) groups excluding carboxylic acids is 1. The lowest BCUT2D eigenvalue weighted by Crippen LogP contribution is -2.44. The Labute approximate surface area is 111 Å². The molecule has 0 saturated carbocycles. The van der Waals surface area contributed by atoms with Crippen molar-refractivity contribution in [2.75, 3.05) is 33.4 Å². The van der Waals surface area contributed by atoms with E-state index < -0.39 is 5.97 Å². The summed E-state index contributed by atoms with van der Waals surface area (Å²) in [5.74, 6) is 0.434. The third-order valence-electron chi connectivity index (χ3n) is 3.35. The molecule has 0 radical (unpaired) electrons. The van der Waals surface area contributed by atoms with E-state index in [1.165, 1.54) is 7.11 Å². The van der Waals surface area contributed by atoms with Crippen LogP contribution < -0.4 is 0 Å². The third kappa shape index (κ3) is 3.15. The molecule has 0 spiro atoms. The number of methoxy groups -OCH3 is 1. The van der Waals surface area contributed by atoms with Crippen LogP contribution in [0, 0.1) is 0 Å². The molecule has 1 saturated heterocycles. The number of hydrogen-bond donors (Lipinski definition) is 1. The SMILES string of the molecule is COC(=O)c1ccc(C(C)N2CCOC(CO)C2)o1. The number of nitrogens with zero attached hydrogens (tertiary/aromatic N) is 1. The average Bonchev–Trinajstić information content (AvgIpc) is 2.95. The molecule has 1 aromatic heterocycles. The van der Waals surface area contributed by atoms with Crippen molar-refractivity contribution in [1.82, 2.24) is 4.90 Å². The van der Waals surface area contributed by atoms with Crippen molar-refractivity contribution in [2.24, 2.45) is 0 Å². The van der Waals surface area contributed by atoms with Gasteiger partial charge in [0, 0.05) is 13.1 Å². The average molecular weight is 269 g/mol. The van der Waals surface area contributed by atoms with Crippen LogP contribution in [0.5, 0.6) is 0 Å². The van der Waals surface area contributed by atoms with Gasteiger partial charge in [0.2, 0.25) is 5.76 Å². The summed E-state index contributed by atoms with van der Waals surface area (Å²) in [5.41, 5.74) is 0. The maximum Gasteiger partial charge on any atom is 0.373 e. The lowest BCUT2D eigenvalue weighted by molar-refractivity contribution is -0.0653. The standard InChI is InChI=1S/C13H19NO5/c1-9(14-5-6-18-10(7-14)8-15)11-3-4-12(19-11)13(16)17-2/h3-4,9-10,15H,5-8H2,1-2H3. The summed E-state index contributed by atoms with van der Waals surface area (Å²) in [5, 5.41) is 9.13. The highest BCUT2D eigenvalue weighted by Crippen LogP contribution is 2.24. The first-order valence-corrected chi connectivity index (χ1v) is 6.30. The minimum atomic E-state index is -0.478. The topological polar surface area (TPSA) is 72.1 Å². The van der Waals surface area contributed by atoms with Gasteiger partial charge in [-0.05, 0) is 19.1 Å². The third-order valence-corrected chi connectivity index (χ3v) is 3.35. The van der Waals surface area contributed by atoms with Crippen LogP contribution in [0.4, 0.5) is 0 Å². The molecule has 1 aliphatic heterocycles. The highest BCUT2D eigenvalue weighted by molar-refractivity contribution is 5.86. The van der Waals surface area contributed by atoms with Gasteiger partial charge in [0.05, 0.1) is 32.5 Å². The minimum Gasteiger partial charge on any atom is -0.463 e. The molecule has 1 aliphatic rings. The van der Waals surface area contributed by atoms with Gasteiger partial charge in [-0.3, -0.25) is 4.90 Å². The van der Waals surface area contributed by atoms with Crippen LogP contribution in [-0.2, 0) is 9.47 Å². The van der Waals surface area contributed by atoms with Gasteiger partial charge in [0.25, 0.3) is 0 Å². The van der Waals surface area contributed by atoms with Crippen LogP contribution in [0.3, 0.4) is 0 Å². The molecule has 0 aliphatic carbocycles. The van der Waals surface area contributed by atoms with Gasteiger partial charge in [-0.25, -0.2) is 4.79 Å². The van der Waals surface area contributed by atoms with E-state index in [0.717, 1.165) is 6.54 Å². The molecule has 1 fully saturated rings. The van der Waals surface area contributed by atoms with Crippen molar-refractivity contribution in [2.45, 2.75) is 19.1 Å². The Morgan fingerprint density at radius 3 is 3.11 bits per heavy atom. The summed E-state index contributed by atoms with van der Waals surface area (Å²) >= 11 is 0. The maximum atomic E-state index is 11.3. The van der Waals surface area contributed by atoms with Crippen molar-refractivity contribution in [3.05, 3.63) is 23.7 Å². The molecule has 0 aromatic carbocycles. The summed E-state index contributed by atoms with van der Waals surface area (Å²) in [6, 6.07) is 3.42. The Hall–Kier alpha value is -1.37. The van der Waals surface area contributed by atoms with E-state index in [4.69, 9.17) is 14.3 Å². The summed E-state index contributed by atoms with van der Waals surface area (Å²) < 4.78 is 15.5. The second-order valence-corrected chi connectivity index (χ2v) is 4.54. The van der Waals surface area contributed by atoms with Gasteiger partial charge in [-0.15, -0.1) is 0 Å². The van der Waals surface area contributed by atoms with Crippen LogP contribution in [0.2, 0.25) is 0 Å².